The van der Waals surface area contributed by atoms with Crippen molar-refractivity contribution in [2.75, 3.05) is 5.33 Å². The molecular weight excluding hydrogens is 304 g/mol. The molecule has 1 fully saturated rings. The smallest absolute Gasteiger partial charge is 0.0934 e. The van der Waals surface area contributed by atoms with Crippen LogP contribution in [0.25, 0.3) is 6.08 Å². The predicted molar refractivity (Wildman–Crippen MR) is 77.7 cm³/mol. The average Bonchev–Trinajstić information content (AvgIpc) is 2.73. The van der Waals surface area contributed by atoms with Crippen LogP contribution >= 0.6 is 38.9 Å². The van der Waals surface area contributed by atoms with Crippen LogP contribution in [0.4, 0.5) is 0 Å². The molecule has 0 aliphatic heterocycles. The Balaban J connectivity index is 2.11. The Labute approximate surface area is 115 Å². The lowest BCUT2D eigenvalue weighted by molar-refractivity contribution is 0.406. The van der Waals surface area contributed by atoms with Crippen molar-refractivity contribution >= 4 is 44.9 Å². The van der Waals surface area contributed by atoms with Gasteiger partial charge >= 0.3 is 0 Å². The number of thiophene rings is 1. The van der Waals surface area contributed by atoms with Crippen LogP contribution in [0.3, 0.4) is 0 Å². The molecule has 0 amide bonds. The molecule has 2 rings (SSSR count). The van der Waals surface area contributed by atoms with Crippen LogP contribution in [0.1, 0.15) is 37.0 Å². The van der Waals surface area contributed by atoms with E-state index >= 15 is 0 Å². The zero-order valence-corrected chi connectivity index (χ0v) is 12.4. The molecule has 1 aromatic heterocycles. The van der Waals surface area contributed by atoms with Crippen LogP contribution in [-0.4, -0.2) is 5.33 Å². The van der Waals surface area contributed by atoms with Crippen LogP contribution in [-0.2, 0) is 0 Å². The van der Waals surface area contributed by atoms with Crippen molar-refractivity contribution < 1.29 is 0 Å². The number of halogens is 2. The molecule has 0 atom stereocenters. The van der Waals surface area contributed by atoms with Gasteiger partial charge in [-0.3, -0.25) is 0 Å². The summed E-state index contributed by atoms with van der Waals surface area (Å²) in [6.07, 6.45) is 9.23. The van der Waals surface area contributed by atoms with Crippen molar-refractivity contribution in [1.29, 1.82) is 0 Å². The summed E-state index contributed by atoms with van der Waals surface area (Å²) in [6, 6.07) is 4.09. The Morgan fingerprint density at radius 2 is 2.12 bits per heavy atom. The summed E-state index contributed by atoms with van der Waals surface area (Å²) in [5, 5.41) is 0.993. The second-order valence-electron chi connectivity index (χ2n) is 4.33. The van der Waals surface area contributed by atoms with E-state index < -0.39 is 0 Å². The molecule has 0 bridgehead atoms. The SMILES string of the molecule is Clc1ccc(C=C(CBr)C2CCCCC2)s1. The topological polar surface area (TPSA) is 0 Å². The van der Waals surface area contributed by atoms with Crippen molar-refractivity contribution in [2.24, 2.45) is 5.92 Å². The molecule has 0 spiro atoms. The van der Waals surface area contributed by atoms with E-state index in [9.17, 15) is 0 Å². The Morgan fingerprint density at radius 3 is 2.69 bits per heavy atom. The van der Waals surface area contributed by atoms with Gasteiger partial charge in [0.05, 0.1) is 4.34 Å². The number of hydrogen-bond acceptors (Lipinski definition) is 1. The van der Waals surface area contributed by atoms with Crippen molar-refractivity contribution in [1.82, 2.24) is 0 Å². The largest absolute Gasteiger partial charge is 0.124 e. The third kappa shape index (κ3) is 3.35. The minimum Gasteiger partial charge on any atom is -0.124 e. The van der Waals surface area contributed by atoms with Gasteiger partial charge in [0.1, 0.15) is 0 Å². The van der Waals surface area contributed by atoms with E-state index in [4.69, 9.17) is 11.6 Å². The second kappa shape index (κ2) is 6.23. The highest BCUT2D eigenvalue weighted by Crippen LogP contribution is 2.33. The Kier molecular flexibility index (Phi) is 4.93. The number of hydrogen-bond donors (Lipinski definition) is 0. The van der Waals surface area contributed by atoms with Crippen molar-refractivity contribution in [3.05, 3.63) is 26.9 Å². The lowest BCUT2D eigenvalue weighted by Gasteiger charge is -2.23. The molecular formula is C13H16BrClS. The first-order valence-corrected chi connectivity index (χ1v) is 8.13. The number of allylic oxidation sites excluding steroid dienone is 1. The molecule has 0 radical (unpaired) electrons. The molecule has 0 aromatic carbocycles. The van der Waals surface area contributed by atoms with Crippen LogP contribution in [0.2, 0.25) is 4.34 Å². The van der Waals surface area contributed by atoms with Crippen LogP contribution in [0, 0.1) is 5.92 Å². The first-order chi connectivity index (χ1) is 7.79. The van der Waals surface area contributed by atoms with Gasteiger partial charge in [-0.25, -0.2) is 0 Å². The quantitative estimate of drug-likeness (QED) is 0.621. The van der Waals surface area contributed by atoms with E-state index in [2.05, 4.69) is 28.1 Å². The van der Waals surface area contributed by atoms with Crippen LogP contribution < -0.4 is 0 Å². The third-order valence-corrected chi connectivity index (χ3v) is 5.03. The summed E-state index contributed by atoms with van der Waals surface area (Å²) in [7, 11) is 0. The molecule has 0 saturated heterocycles. The lowest BCUT2D eigenvalue weighted by Crippen LogP contribution is -2.09. The Hall–Kier alpha value is 0.210. The molecule has 3 heteroatoms. The van der Waals surface area contributed by atoms with Crippen LogP contribution in [0.15, 0.2) is 17.7 Å². The fourth-order valence-electron chi connectivity index (χ4n) is 2.33. The fraction of sp³-hybridized carbons (Fsp3) is 0.538. The van der Waals surface area contributed by atoms with Gasteiger partial charge in [0.15, 0.2) is 0 Å². The maximum absolute atomic E-state index is 5.95. The highest BCUT2D eigenvalue weighted by atomic mass is 79.9. The lowest BCUT2D eigenvalue weighted by atomic mass is 9.84. The van der Waals surface area contributed by atoms with E-state index in [1.165, 1.54) is 37.0 Å². The summed E-state index contributed by atoms with van der Waals surface area (Å²) in [4.78, 5) is 1.28. The van der Waals surface area contributed by atoms with E-state index in [-0.39, 0.29) is 0 Å². The van der Waals surface area contributed by atoms with E-state index in [0.717, 1.165) is 15.6 Å². The van der Waals surface area contributed by atoms with Gasteiger partial charge < -0.3 is 0 Å². The van der Waals surface area contributed by atoms with Gasteiger partial charge in [-0.2, -0.15) is 0 Å². The van der Waals surface area contributed by atoms with Gasteiger partial charge in [-0.05, 0) is 37.0 Å². The summed E-state index contributed by atoms with van der Waals surface area (Å²) < 4.78 is 0.879. The Bertz CT molecular complexity index is 364. The molecule has 16 heavy (non-hydrogen) atoms. The Morgan fingerprint density at radius 1 is 1.38 bits per heavy atom. The predicted octanol–water partition coefficient (Wildman–Crippen LogP) is 5.76. The number of rotatable bonds is 3. The first-order valence-electron chi connectivity index (χ1n) is 5.81. The van der Waals surface area contributed by atoms with Crippen LogP contribution in [0.5, 0.6) is 0 Å². The van der Waals surface area contributed by atoms with Gasteiger partial charge in [0, 0.05) is 10.2 Å². The summed E-state index contributed by atoms with van der Waals surface area (Å²) >= 11 is 11.2. The highest BCUT2D eigenvalue weighted by Gasteiger charge is 2.17. The summed E-state index contributed by atoms with van der Waals surface area (Å²) in [5.74, 6) is 0.786. The standard InChI is InChI=1S/C13H16BrClS/c14-9-11(10-4-2-1-3-5-10)8-12-6-7-13(15)16-12/h6-8,10H,1-5,9H2. The maximum atomic E-state index is 5.95. The van der Waals surface area contributed by atoms with E-state index in [0.29, 0.717) is 0 Å². The van der Waals surface area contributed by atoms with E-state index in [1.54, 1.807) is 16.9 Å². The monoisotopic (exact) mass is 318 g/mol. The second-order valence-corrected chi connectivity index (χ2v) is 6.64. The van der Waals surface area contributed by atoms with E-state index in [1.807, 2.05) is 6.07 Å². The zero-order valence-electron chi connectivity index (χ0n) is 9.22. The molecule has 1 saturated carbocycles. The van der Waals surface area contributed by atoms with Crippen molar-refractivity contribution in [3.8, 4) is 0 Å². The third-order valence-electron chi connectivity index (χ3n) is 3.21. The average molecular weight is 320 g/mol. The summed E-state index contributed by atoms with van der Waals surface area (Å²) in [5.41, 5.74) is 1.54. The molecule has 1 heterocycles. The fourth-order valence-corrected chi connectivity index (χ4v) is 3.99. The molecule has 0 nitrogen and oxygen atoms in total. The van der Waals surface area contributed by atoms with Crippen molar-refractivity contribution in [3.63, 3.8) is 0 Å². The molecule has 88 valence electrons. The zero-order chi connectivity index (χ0) is 11.4. The minimum atomic E-state index is 0.786. The minimum absolute atomic E-state index is 0.786. The van der Waals surface area contributed by atoms with Crippen molar-refractivity contribution in [2.45, 2.75) is 32.1 Å². The molecule has 1 aromatic rings. The molecule has 1 aliphatic carbocycles. The maximum Gasteiger partial charge on any atom is 0.0934 e. The molecule has 0 N–H and O–H groups in total. The normalized spacial score (nSPS) is 19.0. The first kappa shape index (κ1) is 12.7. The number of alkyl halides is 1. The summed E-state index contributed by atoms with van der Waals surface area (Å²) in [6.45, 7) is 0. The van der Waals surface area contributed by atoms with Gasteiger partial charge in [-0.1, -0.05) is 52.4 Å². The van der Waals surface area contributed by atoms with Gasteiger partial charge in [-0.15, -0.1) is 11.3 Å². The van der Waals surface area contributed by atoms with Gasteiger partial charge in [0.25, 0.3) is 0 Å². The highest BCUT2D eigenvalue weighted by molar-refractivity contribution is 9.09. The molecule has 0 unspecified atom stereocenters. The molecule has 1 aliphatic rings. The van der Waals surface area contributed by atoms with Gasteiger partial charge in [0.2, 0.25) is 0 Å².